The molecule has 2 aromatic heterocycles. The fourth-order valence-electron chi connectivity index (χ4n) is 2.95. The fraction of sp³-hybridized carbons (Fsp3) is 0.389. The van der Waals surface area contributed by atoms with Gasteiger partial charge in [0.05, 0.1) is 23.7 Å². The number of nitrogens with zero attached hydrogens (tertiary/aromatic N) is 4. The van der Waals surface area contributed by atoms with Crippen molar-refractivity contribution in [1.82, 2.24) is 14.9 Å². The van der Waals surface area contributed by atoms with Crippen LogP contribution in [0.3, 0.4) is 0 Å². The van der Waals surface area contributed by atoms with Crippen molar-refractivity contribution < 1.29 is 5.11 Å². The minimum absolute atomic E-state index is 0.346. The van der Waals surface area contributed by atoms with Crippen LogP contribution < -0.4 is 5.73 Å². The zero-order valence-corrected chi connectivity index (χ0v) is 14.7. The first kappa shape index (κ1) is 17.8. The van der Waals surface area contributed by atoms with E-state index in [2.05, 4.69) is 19.9 Å². The van der Waals surface area contributed by atoms with E-state index in [1.807, 2.05) is 12.1 Å². The Morgan fingerprint density at radius 1 is 1.36 bits per heavy atom. The number of aliphatic hydroxyl groups excluding tert-OH is 1. The number of nitrogens with two attached hydrogens (primary N) is 1. The van der Waals surface area contributed by atoms with Crippen molar-refractivity contribution in [2.24, 2.45) is 10.7 Å². The minimum atomic E-state index is -0.469. The fourth-order valence-corrected chi connectivity index (χ4v) is 3.10. The lowest BCUT2D eigenvalue weighted by atomic mass is 10.1. The van der Waals surface area contributed by atoms with Crippen molar-refractivity contribution in [1.29, 1.82) is 0 Å². The van der Waals surface area contributed by atoms with Crippen molar-refractivity contribution >= 4 is 34.4 Å². The molecular formula is C18H22ClN5O. The van der Waals surface area contributed by atoms with Gasteiger partial charge in [0.15, 0.2) is 0 Å². The van der Waals surface area contributed by atoms with Crippen LogP contribution in [0, 0.1) is 0 Å². The number of aliphatic hydroxyl groups is 1. The Morgan fingerprint density at radius 2 is 2.16 bits per heavy atom. The maximum Gasteiger partial charge on any atom is 0.129 e. The number of fused-ring (bicyclic) bond motifs is 1. The third kappa shape index (κ3) is 4.75. The number of aliphatic imine (C=N–C) groups is 1. The van der Waals surface area contributed by atoms with E-state index in [0.717, 1.165) is 29.7 Å². The Morgan fingerprint density at radius 3 is 2.92 bits per heavy atom. The van der Waals surface area contributed by atoms with Gasteiger partial charge in [-0.1, -0.05) is 11.6 Å². The van der Waals surface area contributed by atoms with Crippen molar-refractivity contribution in [3.8, 4) is 0 Å². The molecule has 1 fully saturated rings. The molecule has 1 saturated heterocycles. The normalized spacial score (nSPS) is 17.6. The molecule has 0 aromatic carbocycles. The summed E-state index contributed by atoms with van der Waals surface area (Å²) in [7, 11) is 0. The number of rotatable bonds is 6. The number of hydrogen-bond donors (Lipinski definition) is 2. The van der Waals surface area contributed by atoms with Crippen molar-refractivity contribution in [3.63, 3.8) is 0 Å². The molecule has 0 radical (unpaired) electrons. The number of likely N-dealkylation sites (tertiary alicyclic amines) is 1. The number of allylic oxidation sites excluding steroid dienone is 1. The molecule has 1 aliphatic heterocycles. The van der Waals surface area contributed by atoms with Gasteiger partial charge in [-0.3, -0.25) is 9.98 Å². The summed E-state index contributed by atoms with van der Waals surface area (Å²) in [6, 6.07) is 5.40. The van der Waals surface area contributed by atoms with Gasteiger partial charge in [0.1, 0.15) is 5.15 Å². The summed E-state index contributed by atoms with van der Waals surface area (Å²) in [6.07, 6.45) is 6.82. The molecule has 2 aromatic rings. The van der Waals surface area contributed by atoms with Crippen LogP contribution >= 0.6 is 11.6 Å². The van der Waals surface area contributed by atoms with E-state index in [9.17, 15) is 5.11 Å². The summed E-state index contributed by atoms with van der Waals surface area (Å²) in [5.74, 6) is 0. The Labute approximate surface area is 152 Å². The number of pyridine rings is 2. The molecule has 0 bridgehead atoms. The average Bonchev–Trinajstić information content (AvgIpc) is 3.11. The Bertz CT molecular complexity index is 786. The van der Waals surface area contributed by atoms with Gasteiger partial charge >= 0.3 is 0 Å². The third-order valence-corrected chi connectivity index (χ3v) is 4.44. The first-order valence-electron chi connectivity index (χ1n) is 8.40. The second-order valence-corrected chi connectivity index (χ2v) is 6.56. The van der Waals surface area contributed by atoms with Gasteiger partial charge < -0.3 is 15.7 Å². The van der Waals surface area contributed by atoms with E-state index < -0.39 is 6.10 Å². The van der Waals surface area contributed by atoms with Crippen molar-refractivity contribution in [2.45, 2.75) is 18.9 Å². The van der Waals surface area contributed by atoms with Gasteiger partial charge in [0, 0.05) is 36.3 Å². The van der Waals surface area contributed by atoms with Gasteiger partial charge in [-0.15, -0.1) is 0 Å². The lowest BCUT2D eigenvalue weighted by Crippen LogP contribution is -2.31. The number of β-amino-alcohol motifs (C(OH)–C–C–N with tert-alkyl or cyclic N) is 1. The van der Waals surface area contributed by atoms with Crippen LogP contribution in [0.5, 0.6) is 0 Å². The molecule has 0 saturated carbocycles. The molecule has 1 atom stereocenters. The second-order valence-electron chi connectivity index (χ2n) is 6.17. The van der Waals surface area contributed by atoms with Crippen LogP contribution in [0.15, 0.2) is 35.6 Å². The quantitative estimate of drug-likeness (QED) is 0.609. The summed E-state index contributed by atoms with van der Waals surface area (Å²) in [5.41, 5.74) is 8.73. The topological polar surface area (TPSA) is 87.6 Å². The third-order valence-electron chi connectivity index (χ3n) is 4.23. The molecule has 132 valence electrons. The highest BCUT2D eigenvalue weighted by Crippen LogP contribution is 2.18. The standard InChI is InChI=1S/C18H22ClN5O/c19-18-4-3-16-17(23-18)7-13(10-22-16)14(8-20)9-21-11-15(25)12-24-5-1-2-6-24/h3-4,7-10,15,25H,1-2,5-6,11-12,20H2. The maximum atomic E-state index is 10.1. The van der Waals surface area contributed by atoms with Crippen molar-refractivity contribution in [3.05, 3.63) is 41.3 Å². The average molecular weight is 360 g/mol. The zero-order chi connectivity index (χ0) is 17.6. The van der Waals surface area contributed by atoms with Crippen LogP contribution in [0.4, 0.5) is 0 Å². The first-order chi connectivity index (χ1) is 12.2. The molecule has 1 unspecified atom stereocenters. The van der Waals surface area contributed by atoms with Crippen molar-refractivity contribution in [2.75, 3.05) is 26.2 Å². The van der Waals surface area contributed by atoms with Crippen LogP contribution in [0.2, 0.25) is 5.15 Å². The van der Waals surface area contributed by atoms with Gasteiger partial charge in [0.25, 0.3) is 0 Å². The first-order valence-corrected chi connectivity index (χ1v) is 8.78. The molecular weight excluding hydrogens is 338 g/mol. The van der Waals surface area contributed by atoms with Gasteiger partial charge in [0.2, 0.25) is 0 Å². The molecule has 0 spiro atoms. The lowest BCUT2D eigenvalue weighted by Gasteiger charge is -2.17. The smallest absolute Gasteiger partial charge is 0.129 e. The Hall–Kier alpha value is -2.02. The molecule has 0 amide bonds. The molecule has 7 heteroatoms. The highest BCUT2D eigenvalue weighted by atomic mass is 35.5. The van der Waals surface area contributed by atoms with Crippen LogP contribution in [0.25, 0.3) is 16.6 Å². The molecule has 6 nitrogen and oxygen atoms in total. The molecule has 25 heavy (non-hydrogen) atoms. The summed E-state index contributed by atoms with van der Waals surface area (Å²) in [6.45, 7) is 3.14. The van der Waals surface area contributed by atoms with E-state index in [1.54, 1.807) is 18.5 Å². The zero-order valence-electron chi connectivity index (χ0n) is 14.0. The van der Waals surface area contributed by atoms with Gasteiger partial charge in [-0.2, -0.15) is 0 Å². The second kappa shape index (κ2) is 8.38. The van der Waals surface area contributed by atoms with E-state index in [0.29, 0.717) is 23.8 Å². The van der Waals surface area contributed by atoms with E-state index in [4.69, 9.17) is 17.3 Å². The van der Waals surface area contributed by atoms with Crippen LogP contribution in [-0.4, -0.2) is 58.5 Å². The van der Waals surface area contributed by atoms with Gasteiger partial charge in [-0.05, 0) is 44.1 Å². The van der Waals surface area contributed by atoms with Crippen LogP contribution in [0.1, 0.15) is 18.4 Å². The summed E-state index contributed by atoms with van der Waals surface area (Å²) >= 11 is 5.94. The maximum absolute atomic E-state index is 10.1. The van der Waals surface area contributed by atoms with E-state index in [1.165, 1.54) is 19.0 Å². The molecule has 3 N–H and O–H groups in total. The molecule has 0 aliphatic carbocycles. The monoisotopic (exact) mass is 359 g/mol. The number of hydrogen-bond acceptors (Lipinski definition) is 6. The summed E-state index contributed by atoms with van der Waals surface area (Å²) in [4.78, 5) is 15.2. The minimum Gasteiger partial charge on any atom is -0.404 e. The predicted molar refractivity (Wildman–Crippen MR) is 102 cm³/mol. The van der Waals surface area contributed by atoms with Gasteiger partial charge in [-0.25, -0.2) is 4.98 Å². The molecule has 3 rings (SSSR count). The molecule has 1 aliphatic rings. The Balaban J connectivity index is 1.65. The molecule has 3 heterocycles. The largest absolute Gasteiger partial charge is 0.404 e. The predicted octanol–water partition coefficient (Wildman–Crippen LogP) is 2.11. The highest BCUT2D eigenvalue weighted by Gasteiger charge is 2.15. The van der Waals surface area contributed by atoms with E-state index in [-0.39, 0.29) is 0 Å². The Kier molecular flexibility index (Phi) is 5.96. The highest BCUT2D eigenvalue weighted by molar-refractivity contribution is 6.29. The summed E-state index contributed by atoms with van der Waals surface area (Å²) in [5, 5.41) is 10.5. The number of halogens is 1. The lowest BCUT2D eigenvalue weighted by molar-refractivity contribution is 0.132. The number of aromatic nitrogens is 2. The van der Waals surface area contributed by atoms with E-state index >= 15 is 0 Å². The summed E-state index contributed by atoms with van der Waals surface area (Å²) < 4.78 is 0. The SMILES string of the molecule is NC=C(C=NCC(O)CN1CCCC1)c1cnc2ccc(Cl)nc2c1. The van der Waals surface area contributed by atoms with Crippen LogP contribution in [-0.2, 0) is 0 Å².